The number of carbonyl (C=O) groups is 1. The lowest BCUT2D eigenvalue weighted by Crippen LogP contribution is -2.40. The molecule has 36 heavy (non-hydrogen) atoms. The zero-order valence-electron chi connectivity index (χ0n) is 20.0. The molecule has 2 aromatic heterocycles. The number of nitrogens with zero attached hydrogens (tertiary/aromatic N) is 3. The van der Waals surface area contributed by atoms with Crippen LogP contribution in [0.3, 0.4) is 0 Å². The number of amides is 2. The normalized spacial score (nSPS) is 11.6. The van der Waals surface area contributed by atoms with Crippen molar-refractivity contribution in [2.45, 2.75) is 38.5 Å². The lowest BCUT2D eigenvalue weighted by atomic mass is 10.1. The molecule has 0 radical (unpaired) electrons. The van der Waals surface area contributed by atoms with Crippen LogP contribution in [-0.4, -0.2) is 35.5 Å². The van der Waals surface area contributed by atoms with Gasteiger partial charge >= 0.3 is 6.03 Å². The molecule has 0 fully saturated rings. The third-order valence-corrected chi connectivity index (χ3v) is 6.97. The van der Waals surface area contributed by atoms with E-state index >= 15 is 0 Å². The van der Waals surface area contributed by atoms with Gasteiger partial charge in [-0.1, -0.05) is 19.1 Å². The Morgan fingerprint density at radius 2 is 1.72 bits per heavy atom. The number of urea groups is 1. The summed E-state index contributed by atoms with van der Waals surface area (Å²) in [6, 6.07) is 10.8. The van der Waals surface area contributed by atoms with Crippen LogP contribution in [-0.2, 0) is 22.9 Å². The van der Waals surface area contributed by atoms with E-state index in [9.17, 15) is 22.0 Å². The van der Waals surface area contributed by atoms with Crippen molar-refractivity contribution in [3.05, 3.63) is 82.8 Å². The average Bonchev–Trinajstić information content (AvgIpc) is 3.19. The van der Waals surface area contributed by atoms with Crippen molar-refractivity contribution < 1.29 is 22.0 Å². The van der Waals surface area contributed by atoms with Crippen LogP contribution in [0.4, 0.5) is 13.6 Å². The van der Waals surface area contributed by atoms with E-state index in [4.69, 9.17) is 9.97 Å². The van der Waals surface area contributed by atoms with Crippen molar-refractivity contribution in [1.29, 1.82) is 0 Å². The minimum Gasteiger partial charge on any atom is -0.337 e. The quantitative estimate of drug-likeness (QED) is 0.387. The van der Waals surface area contributed by atoms with Crippen LogP contribution in [0, 0.1) is 25.5 Å². The predicted octanol–water partition coefficient (Wildman–Crippen LogP) is 4.11. The highest BCUT2D eigenvalue weighted by Crippen LogP contribution is 2.24. The summed E-state index contributed by atoms with van der Waals surface area (Å²) in [5, 5.41) is 2.46. The van der Waals surface area contributed by atoms with E-state index in [0.29, 0.717) is 18.6 Å². The Morgan fingerprint density at radius 3 is 2.39 bits per heavy atom. The maximum absolute atomic E-state index is 13.3. The van der Waals surface area contributed by atoms with E-state index in [1.165, 1.54) is 0 Å². The SMILES string of the molecule is CCc1nc2c(C)cc(C)nc2n1-c1ccc(CCNC(=O)NS(=O)(=O)c2ccc(F)c(F)c2)cc1. The Balaban J connectivity index is 1.41. The molecule has 0 bridgehead atoms. The fraction of sp³-hybridized carbons (Fsp3) is 0.240. The number of imidazole rings is 1. The zero-order valence-corrected chi connectivity index (χ0v) is 20.8. The van der Waals surface area contributed by atoms with Crippen LogP contribution in [0.15, 0.2) is 53.4 Å². The number of halogens is 2. The molecule has 188 valence electrons. The number of hydrogen-bond acceptors (Lipinski definition) is 5. The summed E-state index contributed by atoms with van der Waals surface area (Å²) in [5.74, 6) is -1.60. The summed E-state index contributed by atoms with van der Waals surface area (Å²) in [7, 11) is -4.34. The highest BCUT2D eigenvalue weighted by Gasteiger charge is 2.19. The van der Waals surface area contributed by atoms with E-state index in [1.54, 1.807) is 4.72 Å². The molecule has 0 unspecified atom stereocenters. The summed E-state index contributed by atoms with van der Waals surface area (Å²) in [6.45, 7) is 6.17. The maximum atomic E-state index is 13.3. The number of hydrogen-bond donors (Lipinski definition) is 2. The molecular weight excluding hydrogens is 488 g/mol. The summed E-state index contributed by atoms with van der Waals surface area (Å²) in [4.78, 5) is 20.9. The smallest absolute Gasteiger partial charge is 0.328 e. The molecule has 0 saturated heterocycles. The van der Waals surface area contributed by atoms with Gasteiger partial charge in [0.05, 0.1) is 4.90 Å². The number of aryl methyl sites for hydroxylation is 3. The van der Waals surface area contributed by atoms with Crippen molar-refractivity contribution in [2.75, 3.05) is 6.54 Å². The van der Waals surface area contributed by atoms with Gasteiger partial charge in [0.2, 0.25) is 0 Å². The molecule has 8 nitrogen and oxygen atoms in total. The number of rotatable bonds is 7. The fourth-order valence-electron chi connectivity index (χ4n) is 3.91. The fourth-order valence-corrected chi connectivity index (χ4v) is 4.85. The largest absolute Gasteiger partial charge is 0.337 e. The van der Waals surface area contributed by atoms with Crippen LogP contribution >= 0.6 is 0 Å². The Morgan fingerprint density at radius 1 is 1.00 bits per heavy atom. The van der Waals surface area contributed by atoms with Crippen molar-refractivity contribution >= 4 is 27.2 Å². The Labute approximate surface area is 207 Å². The third kappa shape index (κ3) is 5.20. The summed E-state index contributed by atoms with van der Waals surface area (Å²) in [6.07, 6.45) is 1.18. The van der Waals surface area contributed by atoms with Crippen LogP contribution in [0.25, 0.3) is 16.9 Å². The predicted molar refractivity (Wildman–Crippen MR) is 131 cm³/mol. The van der Waals surface area contributed by atoms with Crippen molar-refractivity contribution in [2.24, 2.45) is 0 Å². The second-order valence-electron chi connectivity index (χ2n) is 8.32. The van der Waals surface area contributed by atoms with Gasteiger partial charge in [0.1, 0.15) is 11.3 Å². The zero-order chi connectivity index (χ0) is 26.0. The molecule has 2 N–H and O–H groups in total. The number of pyridine rings is 1. The molecule has 0 saturated carbocycles. The standard InChI is InChI=1S/C25H25F2N5O3S/c1-4-22-30-23-15(2)13-16(3)29-24(23)32(22)18-7-5-17(6-8-18)11-12-28-25(33)31-36(34,35)19-9-10-20(26)21(27)14-19/h5-10,13-14H,4,11-12H2,1-3H3,(H2,28,31,33). The van der Waals surface area contributed by atoms with Gasteiger partial charge in [-0.3, -0.25) is 4.57 Å². The third-order valence-electron chi connectivity index (χ3n) is 5.64. The van der Waals surface area contributed by atoms with Gasteiger partial charge in [-0.25, -0.2) is 36.7 Å². The van der Waals surface area contributed by atoms with E-state index in [2.05, 4.69) is 5.32 Å². The molecule has 0 spiro atoms. The maximum Gasteiger partial charge on any atom is 0.328 e. The first-order valence-electron chi connectivity index (χ1n) is 11.3. The topological polar surface area (TPSA) is 106 Å². The van der Waals surface area contributed by atoms with Gasteiger partial charge in [-0.15, -0.1) is 0 Å². The summed E-state index contributed by atoms with van der Waals surface area (Å²) < 4.78 is 54.6. The lowest BCUT2D eigenvalue weighted by molar-refractivity contribution is 0.246. The Kier molecular flexibility index (Phi) is 7.02. The van der Waals surface area contributed by atoms with Gasteiger partial charge in [0, 0.05) is 24.3 Å². The van der Waals surface area contributed by atoms with Gasteiger partial charge in [-0.2, -0.15) is 0 Å². The van der Waals surface area contributed by atoms with Crippen LogP contribution in [0.5, 0.6) is 0 Å². The van der Waals surface area contributed by atoms with Crippen LogP contribution in [0.1, 0.15) is 29.6 Å². The Hall–Kier alpha value is -3.86. The summed E-state index contributed by atoms with van der Waals surface area (Å²) >= 11 is 0. The van der Waals surface area contributed by atoms with E-state index in [0.717, 1.165) is 52.0 Å². The average molecular weight is 514 g/mol. The minimum atomic E-state index is -4.34. The molecule has 11 heteroatoms. The molecule has 2 heterocycles. The molecule has 4 rings (SSSR count). The van der Waals surface area contributed by atoms with Gasteiger partial charge < -0.3 is 5.32 Å². The molecule has 2 amide bonds. The Bertz CT molecular complexity index is 1550. The molecule has 2 aromatic carbocycles. The lowest BCUT2D eigenvalue weighted by Gasteiger charge is -2.11. The molecule has 4 aromatic rings. The number of sulfonamides is 1. The molecule has 0 aliphatic rings. The minimum absolute atomic E-state index is 0.159. The second-order valence-corrected chi connectivity index (χ2v) is 10.0. The highest BCUT2D eigenvalue weighted by molar-refractivity contribution is 7.90. The first-order valence-corrected chi connectivity index (χ1v) is 12.8. The van der Waals surface area contributed by atoms with Gasteiger partial charge in [0.25, 0.3) is 10.0 Å². The molecule has 0 atom stereocenters. The van der Waals surface area contributed by atoms with Crippen LogP contribution in [0.2, 0.25) is 0 Å². The van der Waals surface area contributed by atoms with Gasteiger partial charge in [-0.05, 0) is 67.8 Å². The van der Waals surface area contributed by atoms with Crippen molar-refractivity contribution in [1.82, 2.24) is 24.6 Å². The first-order chi connectivity index (χ1) is 17.1. The second kappa shape index (κ2) is 10.0. The summed E-state index contributed by atoms with van der Waals surface area (Å²) in [5.41, 5.74) is 5.49. The molecule has 0 aliphatic carbocycles. The highest BCUT2D eigenvalue weighted by atomic mass is 32.2. The van der Waals surface area contributed by atoms with E-state index in [1.807, 2.05) is 55.7 Å². The number of nitrogens with one attached hydrogen (secondary N) is 2. The number of benzene rings is 2. The van der Waals surface area contributed by atoms with Crippen molar-refractivity contribution in [3.63, 3.8) is 0 Å². The van der Waals surface area contributed by atoms with E-state index < -0.39 is 32.6 Å². The van der Waals surface area contributed by atoms with Gasteiger partial charge in [0.15, 0.2) is 17.3 Å². The first kappa shape index (κ1) is 25.2. The van der Waals surface area contributed by atoms with Crippen molar-refractivity contribution in [3.8, 4) is 5.69 Å². The molecular formula is C25H25F2N5O3S. The number of fused-ring (bicyclic) bond motifs is 1. The number of aromatic nitrogens is 3. The molecule has 0 aliphatic heterocycles. The monoisotopic (exact) mass is 513 g/mol. The number of carbonyl (C=O) groups excluding carboxylic acids is 1. The van der Waals surface area contributed by atoms with Crippen LogP contribution < -0.4 is 10.0 Å². The van der Waals surface area contributed by atoms with E-state index in [-0.39, 0.29) is 6.54 Å².